The number of amides is 2. The zero-order valence-corrected chi connectivity index (χ0v) is 15.3. The van der Waals surface area contributed by atoms with Crippen molar-refractivity contribution in [3.8, 4) is 0 Å². The Morgan fingerprint density at radius 2 is 1.96 bits per heavy atom. The predicted octanol–water partition coefficient (Wildman–Crippen LogP) is 3.38. The zero-order valence-electron chi connectivity index (χ0n) is 15.3. The number of aryl methyl sites for hydroxylation is 3. The second kappa shape index (κ2) is 7.66. The molecule has 136 valence electrons. The summed E-state index contributed by atoms with van der Waals surface area (Å²) in [6.07, 6.45) is 1.21. The number of aromatic nitrogens is 1. The van der Waals surface area contributed by atoms with E-state index in [0.717, 1.165) is 35.5 Å². The SMILES string of the molecule is Cc1cc(C)c(NC(=O)c2cccc(NC(=O)[C@H]3CCCO3)c2)c(C)n1. The van der Waals surface area contributed by atoms with Crippen LogP contribution in [0.25, 0.3) is 0 Å². The van der Waals surface area contributed by atoms with Crippen LogP contribution in [0.1, 0.15) is 40.2 Å². The summed E-state index contributed by atoms with van der Waals surface area (Å²) in [5.41, 5.74) is 4.42. The van der Waals surface area contributed by atoms with Crippen LogP contribution in [0.3, 0.4) is 0 Å². The van der Waals surface area contributed by atoms with Crippen molar-refractivity contribution in [2.75, 3.05) is 17.2 Å². The second-order valence-corrected chi connectivity index (χ2v) is 6.57. The standard InChI is InChI=1S/C20H23N3O3/c1-12-10-13(2)21-14(3)18(12)23-19(24)15-6-4-7-16(11-15)22-20(25)17-8-5-9-26-17/h4,6-7,10-11,17H,5,8-9H2,1-3H3,(H,22,25)(H,23,24)/t17-/m1/s1. The molecule has 2 amide bonds. The van der Waals surface area contributed by atoms with Gasteiger partial charge in [-0.2, -0.15) is 0 Å². The lowest BCUT2D eigenvalue weighted by molar-refractivity contribution is -0.124. The number of carbonyl (C=O) groups excluding carboxylic acids is 2. The number of nitrogens with one attached hydrogen (secondary N) is 2. The minimum absolute atomic E-state index is 0.172. The van der Waals surface area contributed by atoms with Gasteiger partial charge in [0, 0.05) is 23.6 Å². The van der Waals surface area contributed by atoms with Crippen molar-refractivity contribution < 1.29 is 14.3 Å². The fourth-order valence-electron chi connectivity index (χ4n) is 3.14. The van der Waals surface area contributed by atoms with Gasteiger partial charge in [-0.1, -0.05) is 6.07 Å². The van der Waals surface area contributed by atoms with Crippen LogP contribution in [-0.2, 0) is 9.53 Å². The summed E-state index contributed by atoms with van der Waals surface area (Å²) in [4.78, 5) is 29.2. The van der Waals surface area contributed by atoms with Crippen LogP contribution >= 0.6 is 0 Å². The highest BCUT2D eigenvalue weighted by Gasteiger charge is 2.23. The number of hydrogen-bond acceptors (Lipinski definition) is 4. The highest BCUT2D eigenvalue weighted by Crippen LogP contribution is 2.21. The molecule has 0 saturated carbocycles. The molecule has 3 rings (SSSR count). The average Bonchev–Trinajstić information content (AvgIpc) is 3.13. The average molecular weight is 353 g/mol. The number of benzene rings is 1. The molecule has 1 fully saturated rings. The molecule has 1 aliphatic rings. The molecule has 1 atom stereocenters. The molecular formula is C20H23N3O3. The molecule has 26 heavy (non-hydrogen) atoms. The van der Waals surface area contributed by atoms with Crippen molar-refractivity contribution in [3.63, 3.8) is 0 Å². The van der Waals surface area contributed by atoms with Gasteiger partial charge in [0.1, 0.15) is 6.10 Å². The number of rotatable bonds is 4. The molecule has 1 aliphatic heterocycles. The number of nitrogens with zero attached hydrogens (tertiary/aromatic N) is 1. The van der Waals surface area contributed by atoms with Gasteiger partial charge in [0.05, 0.1) is 11.4 Å². The molecule has 6 heteroatoms. The van der Waals surface area contributed by atoms with Crippen LogP contribution in [0, 0.1) is 20.8 Å². The van der Waals surface area contributed by atoms with E-state index in [1.165, 1.54) is 0 Å². The van der Waals surface area contributed by atoms with Gasteiger partial charge in [-0.05, 0) is 63.4 Å². The largest absolute Gasteiger partial charge is 0.368 e. The van der Waals surface area contributed by atoms with E-state index in [4.69, 9.17) is 4.74 Å². The fourth-order valence-corrected chi connectivity index (χ4v) is 3.14. The summed E-state index contributed by atoms with van der Waals surface area (Å²) in [5.74, 6) is -0.412. The highest BCUT2D eigenvalue weighted by molar-refractivity contribution is 6.06. The van der Waals surface area contributed by atoms with E-state index < -0.39 is 6.10 Å². The first kappa shape index (κ1) is 18.1. The Kier molecular flexibility index (Phi) is 5.32. The Morgan fingerprint density at radius 1 is 1.15 bits per heavy atom. The molecule has 0 bridgehead atoms. The van der Waals surface area contributed by atoms with Crippen molar-refractivity contribution in [1.29, 1.82) is 0 Å². The number of ether oxygens (including phenoxy) is 1. The third kappa shape index (κ3) is 4.08. The first-order valence-corrected chi connectivity index (χ1v) is 8.73. The monoisotopic (exact) mass is 353 g/mol. The first-order valence-electron chi connectivity index (χ1n) is 8.73. The van der Waals surface area contributed by atoms with E-state index in [1.807, 2.05) is 26.8 Å². The summed E-state index contributed by atoms with van der Waals surface area (Å²) in [6.45, 7) is 6.35. The maximum atomic E-state index is 12.6. The van der Waals surface area contributed by atoms with Gasteiger partial charge >= 0.3 is 0 Å². The van der Waals surface area contributed by atoms with Crippen LogP contribution in [0.15, 0.2) is 30.3 Å². The summed E-state index contributed by atoms with van der Waals surface area (Å²) in [7, 11) is 0. The minimum atomic E-state index is -0.406. The van der Waals surface area contributed by atoms with E-state index in [-0.39, 0.29) is 11.8 Å². The Balaban J connectivity index is 1.73. The summed E-state index contributed by atoms with van der Waals surface area (Å²) < 4.78 is 5.38. The van der Waals surface area contributed by atoms with E-state index in [2.05, 4.69) is 15.6 Å². The van der Waals surface area contributed by atoms with Gasteiger partial charge in [0.15, 0.2) is 0 Å². The van der Waals surface area contributed by atoms with Crippen LogP contribution < -0.4 is 10.6 Å². The smallest absolute Gasteiger partial charge is 0.255 e. The zero-order chi connectivity index (χ0) is 18.7. The maximum Gasteiger partial charge on any atom is 0.255 e. The van der Waals surface area contributed by atoms with E-state index in [9.17, 15) is 9.59 Å². The van der Waals surface area contributed by atoms with Gasteiger partial charge in [-0.15, -0.1) is 0 Å². The third-order valence-electron chi connectivity index (χ3n) is 4.38. The number of pyridine rings is 1. The molecule has 0 radical (unpaired) electrons. The molecular weight excluding hydrogens is 330 g/mol. The molecule has 1 saturated heterocycles. The molecule has 0 aliphatic carbocycles. The summed E-state index contributed by atoms with van der Waals surface area (Å²) >= 11 is 0. The molecule has 2 heterocycles. The van der Waals surface area contributed by atoms with Gasteiger partial charge in [0.25, 0.3) is 11.8 Å². The van der Waals surface area contributed by atoms with Crippen LogP contribution in [-0.4, -0.2) is 29.5 Å². The summed E-state index contributed by atoms with van der Waals surface area (Å²) in [6, 6.07) is 8.80. The Hall–Kier alpha value is -2.73. The normalized spacial score (nSPS) is 16.3. The van der Waals surface area contributed by atoms with Gasteiger partial charge in [-0.3, -0.25) is 14.6 Å². The molecule has 2 N–H and O–H groups in total. The van der Waals surface area contributed by atoms with Crippen molar-refractivity contribution >= 4 is 23.2 Å². The van der Waals surface area contributed by atoms with Crippen LogP contribution in [0.2, 0.25) is 0 Å². The lowest BCUT2D eigenvalue weighted by atomic mass is 10.1. The fraction of sp³-hybridized carbons (Fsp3) is 0.350. The van der Waals surface area contributed by atoms with E-state index >= 15 is 0 Å². The van der Waals surface area contributed by atoms with Crippen LogP contribution in [0.4, 0.5) is 11.4 Å². The predicted molar refractivity (Wildman–Crippen MR) is 100 cm³/mol. The molecule has 2 aromatic rings. The topological polar surface area (TPSA) is 80.3 Å². The van der Waals surface area contributed by atoms with Crippen molar-refractivity contribution in [3.05, 3.63) is 52.8 Å². The summed E-state index contributed by atoms with van der Waals surface area (Å²) in [5, 5.41) is 5.74. The number of hydrogen-bond donors (Lipinski definition) is 2. The maximum absolute atomic E-state index is 12.6. The van der Waals surface area contributed by atoms with Crippen molar-refractivity contribution in [2.24, 2.45) is 0 Å². The van der Waals surface area contributed by atoms with Gasteiger partial charge in [-0.25, -0.2) is 0 Å². The minimum Gasteiger partial charge on any atom is -0.368 e. The molecule has 0 spiro atoms. The van der Waals surface area contributed by atoms with Crippen LogP contribution in [0.5, 0.6) is 0 Å². The first-order chi connectivity index (χ1) is 12.4. The van der Waals surface area contributed by atoms with E-state index in [0.29, 0.717) is 17.9 Å². The van der Waals surface area contributed by atoms with Crippen molar-refractivity contribution in [1.82, 2.24) is 4.98 Å². The number of anilines is 2. The van der Waals surface area contributed by atoms with Crippen molar-refractivity contribution in [2.45, 2.75) is 39.7 Å². The quantitative estimate of drug-likeness (QED) is 0.883. The lowest BCUT2D eigenvalue weighted by Crippen LogP contribution is -2.27. The Labute approximate surface area is 153 Å². The molecule has 1 aromatic heterocycles. The molecule has 6 nitrogen and oxygen atoms in total. The molecule has 1 aromatic carbocycles. The Bertz CT molecular complexity index is 819. The van der Waals surface area contributed by atoms with Gasteiger partial charge in [0.2, 0.25) is 0 Å². The lowest BCUT2D eigenvalue weighted by Gasteiger charge is -2.13. The highest BCUT2D eigenvalue weighted by atomic mass is 16.5. The second-order valence-electron chi connectivity index (χ2n) is 6.57. The number of carbonyl (C=O) groups is 2. The third-order valence-corrected chi connectivity index (χ3v) is 4.38. The Morgan fingerprint density at radius 3 is 2.65 bits per heavy atom. The van der Waals surface area contributed by atoms with Gasteiger partial charge < -0.3 is 15.4 Å². The molecule has 0 unspecified atom stereocenters. The van der Waals surface area contributed by atoms with E-state index in [1.54, 1.807) is 24.3 Å².